The molecule has 1 saturated heterocycles. The van der Waals surface area contributed by atoms with Crippen molar-refractivity contribution in [2.75, 3.05) is 26.8 Å². The number of benzene rings is 3. The fourth-order valence-electron chi connectivity index (χ4n) is 5.90. The van der Waals surface area contributed by atoms with Crippen molar-refractivity contribution >= 4 is 22.8 Å². The van der Waals surface area contributed by atoms with Gasteiger partial charge in [-0.3, -0.25) is 4.79 Å². The molecule has 1 fully saturated rings. The summed E-state index contributed by atoms with van der Waals surface area (Å²) >= 11 is 0. The molecular weight excluding hydrogens is 500 g/mol. The number of aromatic carboxylic acids is 1. The van der Waals surface area contributed by atoms with E-state index in [1.807, 2.05) is 12.1 Å². The summed E-state index contributed by atoms with van der Waals surface area (Å²) in [5.74, 6) is -0.315. The van der Waals surface area contributed by atoms with Gasteiger partial charge in [-0.05, 0) is 78.4 Å². The third-order valence-electron chi connectivity index (χ3n) is 8.04. The summed E-state index contributed by atoms with van der Waals surface area (Å²) in [5.41, 5.74) is 6.14. The van der Waals surface area contributed by atoms with Crippen molar-refractivity contribution in [1.29, 1.82) is 0 Å². The third kappa shape index (κ3) is 6.45. The summed E-state index contributed by atoms with van der Waals surface area (Å²) in [6, 6.07) is 26.1. The number of aromatic nitrogens is 1. The second kappa shape index (κ2) is 13.0. The van der Waals surface area contributed by atoms with Crippen LogP contribution in [0.4, 0.5) is 0 Å². The van der Waals surface area contributed by atoms with Crippen LogP contribution in [-0.4, -0.2) is 53.3 Å². The van der Waals surface area contributed by atoms with E-state index in [2.05, 4.69) is 64.1 Å². The monoisotopic (exact) mass is 538 g/mol. The van der Waals surface area contributed by atoms with Crippen LogP contribution in [0.2, 0.25) is 0 Å². The normalized spacial score (nSPS) is 15.4. The zero-order chi connectivity index (χ0) is 27.9. The Morgan fingerprint density at radius 2 is 1.68 bits per heavy atom. The summed E-state index contributed by atoms with van der Waals surface area (Å²) in [6.45, 7) is 3.29. The van der Waals surface area contributed by atoms with Crippen LogP contribution in [-0.2, 0) is 22.5 Å². The second-order valence-electron chi connectivity index (χ2n) is 10.7. The minimum Gasteiger partial charge on any atom is -0.478 e. The van der Waals surface area contributed by atoms with Gasteiger partial charge in [-0.25, -0.2) is 4.79 Å². The lowest BCUT2D eigenvalue weighted by Gasteiger charge is -2.33. The van der Waals surface area contributed by atoms with Crippen LogP contribution >= 0.6 is 0 Å². The Bertz CT molecular complexity index is 1440. The van der Waals surface area contributed by atoms with E-state index in [9.17, 15) is 9.59 Å². The second-order valence-corrected chi connectivity index (χ2v) is 10.7. The van der Waals surface area contributed by atoms with Crippen molar-refractivity contribution in [2.45, 2.75) is 51.0 Å². The average molecular weight is 539 g/mol. The quantitative estimate of drug-likeness (QED) is 0.214. The largest absolute Gasteiger partial charge is 0.478 e. The van der Waals surface area contributed by atoms with Crippen LogP contribution in [0.3, 0.4) is 0 Å². The predicted octanol–water partition coefficient (Wildman–Crippen LogP) is 6.77. The van der Waals surface area contributed by atoms with E-state index < -0.39 is 5.97 Å². The smallest absolute Gasteiger partial charge is 0.335 e. The third-order valence-corrected chi connectivity index (χ3v) is 8.04. The molecule has 1 aliphatic heterocycles. The molecule has 0 radical (unpaired) electrons. The van der Waals surface area contributed by atoms with Crippen molar-refractivity contribution in [3.05, 3.63) is 95.7 Å². The molecule has 1 unspecified atom stereocenters. The molecule has 1 aromatic heterocycles. The molecule has 40 heavy (non-hydrogen) atoms. The number of amides is 1. The number of para-hydroxylation sites is 1. The number of aryl methyl sites for hydroxylation is 2. The molecule has 6 heteroatoms. The highest BCUT2D eigenvalue weighted by atomic mass is 16.5. The van der Waals surface area contributed by atoms with Crippen molar-refractivity contribution in [3.8, 4) is 11.1 Å². The van der Waals surface area contributed by atoms with Gasteiger partial charge in [-0.15, -0.1) is 0 Å². The number of rotatable bonds is 11. The number of ether oxygens (including phenoxy) is 1. The zero-order valence-corrected chi connectivity index (χ0v) is 23.2. The van der Waals surface area contributed by atoms with Gasteiger partial charge >= 0.3 is 5.97 Å². The molecule has 0 saturated carbocycles. The first-order chi connectivity index (χ1) is 19.5. The van der Waals surface area contributed by atoms with E-state index in [1.165, 1.54) is 22.2 Å². The summed E-state index contributed by atoms with van der Waals surface area (Å²) in [5, 5.41) is 10.4. The molecule has 0 spiro atoms. The fraction of sp³-hybridized carbons (Fsp3) is 0.353. The Morgan fingerprint density at radius 3 is 2.40 bits per heavy atom. The Kier molecular flexibility index (Phi) is 8.97. The van der Waals surface area contributed by atoms with Gasteiger partial charge in [0.25, 0.3) is 0 Å². The summed E-state index contributed by atoms with van der Waals surface area (Å²) in [6.07, 6.45) is 5.34. The van der Waals surface area contributed by atoms with Gasteiger partial charge in [0.1, 0.15) is 0 Å². The van der Waals surface area contributed by atoms with Gasteiger partial charge in [0.2, 0.25) is 5.91 Å². The Labute approximate surface area is 236 Å². The van der Waals surface area contributed by atoms with Crippen LogP contribution in [0.15, 0.2) is 78.9 Å². The average Bonchev–Trinajstić information content (AvgIpc) is 3.36. The highest BCUT2D eigenvalue weighted by Gasteiger charge is 2.27. The van der Waals surface area contributed by atoms with Crippen LogP contribution in [0.5, 0.6) is 0 Å². The molecule has 1 amide bonds. The number of carbonyl (C=O) groups excluding carboxylic acids is 1. The fourth-order valence-corrected chi connectivity index (χ4v) is 5.90. The van der Waals surface area contributed by atoms with Crippen LogP contribution < -0.4 is 0 Å². The number of hydrogen-bond donors (Lipinski definition) is 1. The molecule has 2 heterocycles. The zero-order valence-electron chi connectivity index (χ0n) is 23.2. The van der Waals surface area contributed by atoms with Gasteiger partial charge in [0, 0.05) is 56.9 Å². The maximum Gasteiger partial charge on any atom is 0.335 e. The molecule has 0 bridgehead atoms. The summed E-state index contributed by atoms with van der Waals surface area (Å²) < 4.78 is 7.75. The number of fused-ring (bicyclic) bond motifs is 1. The summed E-state index contributed by atoms with van der Waals surface area (Å²) in [7, 11) is 1.75. The number of methoxy groups -OCH3 is 1. The molecule has 1 N–H and O–H groups in total. The van der Waals surface area contributed by atoms with Crippen molar-refractivity contribution in [1.82, 2.24) is 9.47 Å². The van der Waals surface area contributed by atoms with E-state index in [1.54, 1.807) is 19.2 Å². The van der Waals surface area contributed by atoms with E-state index in [4.69, 9.17) is 9.84 Å². The van der Waals surface area contributed by atoms with Crippen LogP contribution in [0.1, 0.15) is 59.6 Å². The molecule has 0 aliphatic carbocycles. The van der Waals surface area contributed by atoms with Gasteiger partial charge in [-0.2, -0.15) is 0 Å². The Balaban J connectivity index is 1.16. The van der Waals surface area contributed by atoms with Gasteiger partial charge in [0.15, 0.2) is 0 Å². The van der Waals surface area contributed by atoms with Crippen molar-refractivity contribution < 1.29 is 19.4 Å². The number of piperidine rings is 1. The van der Waals surface area contributed by atoms with Gasteiger partial charge < -0.3 is 19.3 Å². The molecule has 1 atom stereocenters. The number of carboxylic acids is 1. The maximum atomic E-state index is 13.2. The molecular formula is C34H38N2O4. The van der Waals surface area contributed by atoms with Gasteiger partial charge in [-0.1, -0.05) is 54.6 Å². The standard InChI is InChI=1S/C34H38N2O4/c1-40-22-6-21-36-31-10-3-2-8-29(31)23-32(36)30-9-5-20-35(24-30)33(37)11-4-7-25-12-14-26(15-13-25)27-16-18-28(19-17-27)34(38)39/h2-3,8,10,12-19,23,30H,4-7,9,11,20-22,24H2,1H3,(H,38,39). The highest BCUT2D eigenvalue weighted by Crippen LogP contribution is 2.32. The first-order valence-electron chi connectivity index (χ1n) is 14.3. The highest BCUT2D eigenvalue weighted by molar-refractivity contribution is 5.88. The summed E-state index contributed by atoms with van der Waals surface area (Å²) in [4.78, 5) is 26.4. The van der Waals surface area contributed by atoms with Crippen molar-refractivity contribution in [2.24, 2.45) is 0 Å². The Morgan fingerprint density at radius 1 is 0.950 bits per heavy atom. The molecule has 208 valence electrons. The number of carbonyl (C=O) groups is 2. The lowest BCUT2D eigenvalue weighted by Crippen LogP contribution is -2.39. The topological polar surface area (TPSA) is 71.8 Å². The van der Waals surface area contributed by atoms with E-state index in [0.29, 0.717) is 12.3 Å². The lowest BCUT2D eigenvalue weighted by molar-refractivity contribution is -0.132. The minimum absolute atomic E-state index is 0.252. The molecule has 5 rings (SSSR count). The maximum absolute atomic E-state index is 13.2. The molecule has 6 nitrogen and oxygen atoms in total. The first-order valence-corrected chi connectivity index (χ1v) is 14.3. The molecule has 1 aliphatic rings. The van der Waals surface area contributed by atoms with Crippen LogP contribution in [0, 0.1) is 0 Å². The van der Waals surface area contributed by atoms with E-state index in [0.717, 1.165) is 69.5 Å². The van der Waals surface area contributed by atoms with Crippen LogP contribution in [0.25, 0.3) is 22.0 Å². The van der Waals surface area contributed by atoms with Crippen molar-refractivity contribution in [3.63, 3.8) is 0 Å². The van der Waals surface area contributed by atoms with E-state index in [-0.39, 0.29) is 11.5 Å². The lowest BCUT2D eigenvalue weighted by atomic mass is 9.94. The van der Waals surface area contributed by atoms with E-state index >= 15 is 0 Å². The predicted molar refractivity (Wildman–Crippen MR) is 159 cm³/mol. The number of likely N-dealkylation sites (tertiary alicyclic amines) is 1. The number of carboxylic acid groups (broad SMARTS) is 1. The SMILES string of the molecule is COCCCn1c(C2CCCN(C(=O)CCCc3ccc(-c4ccc(C(=O)O)cc4)cc3)C2)cc2ccccc21. The minimum atomic E-state index is -0.919. The van der Waals surface area contributed by atoms with Gasteiger partial charge in [0.05, 0.1) is 5.56 Å². The number of nitrogens with zero attached hydrogens (tertiary/aromatic N) is 2. The Hall–Kier alpha value is -3.90. The number of hydrogen-bond acceptors (Lipinski definition) is 3. The first kappa shape index (κ1) is 27.7. The molecule has 3 aromatic carbocycles. The molecule has 4 aromatic rings.